The summed E-state index contributed by atoms with van der Waals surface area (Å²) >= 11 is 4.81. The van der Waals surface area contributed by atoms with Gasteiger partial charge in [-0.3, -0.25) is 0 Å². The Labute approximate surface area is 118 Å². The first-order chi connectivity index (χ1) is 8.52. The van der Waals surface area contributed by atoms with Crippen LogP contribution in [0.15, 0.2) is 22.7 Å². The Morgan fingerprint density at radius 1 is 1.39 bits per heavy atom. The van der Waals surface area contributed by atoms with Crippen molar-refractivity contribution in [2.24, 2.45) is 0 Å². The third-order valence-electron chi connectivity index (χ3n) is 2.86. The number of aromatic nitrogens is 1. The van der Waals surface area contributed by atoms with Crippen LogP contribution in [-0.4, -0.2) is 12.0 Å². The quantitative estimate of drug-likeness (QED) is 0.922. The Kier molecular flexibility index (Phi) is 4.14. The molecule has 0 fully saturated rings. The van der Waals surface area contributed by atoms with Gasteiger partial charge in [0, 0.05) is 4.88 Å². The number of thiazole rings is 1. The maximum absolute atomic E-state index is 13.6. The van der Waals surface area contributed by atoms with Crippen molar-refractivity contribution in [3.8, 4) is 0 Å². The van der Waals surface area contributed by atoms with Gasteiger partial charge in [-0.1, -0.05) is 6.07 Å². The van der Waals surface area contributed by atoms with Crippen LogP contribution in [0.1, 0.15) is 27.2 Å². The zero-order valence-corrected chi connectivity index (χ0v) is 12.8. The molecular weight excluding hydrogens is 315 g/mol. The van der Waals surface area contributed by atoms with Crippen molar-refractivity contribution in [1.29, 1.82) is 0 Å². The zero-order chi connectivity index (χ0) is 13.3. The fourth-order valence-electron chi connectivity index (χ4n) is 1.75. The molecule has 18 heavy (non-hydrogen) atoms. The van der Waals surface area contributed by atoms with Gasteiger partial charge in [0.1, 0.15) is 10.8 Å². The number of nitrogens with one attached hydrogen (secondary N) is 1. The molecule has 0 bridgehead atoms. The summed E-state index contributed by atoms with van der Waals surface area (Å²) in [6.45, 7) is 4.04. The maximum atomic E-state index is 13.6. The maximum Gasteiger partial charge on any atom is 0.137 e. The molecule has 1 aromatic carbocycles. The lowest BCUT2D eigenvalue weighted by atomic mass is 10.1. The van der Waals surface area contributed by atoms with Crippen LogP contribution in [0.25, 0.3) is 0 Å². The Morgan fingerprint density at radius 3 is 2.61 bits per heavy atom. The molecule has 2 aromatic rings. The number of benzene rings is 1. The second kappa shape index (κ2) is 5.47. The number of halogens is 2. The van der Waals surface area contributed by atoms with E-state index in [0.29, 0.717) is 4.47 Å². The molecule has 2 nitrogen and oxygen atoms in total. The highest BCUT2D eigenvalue weighted by atomic mass is 79.9. The summed E-state index contributed by atoms with van der Waals surface area (Å²) in [5, 5.41) is 4.15. The van der Waals surface area contributed by atoms with E-state index in [9.17, 15) is 4.39 Å². The molecule has 0 aliphatic carbocycles. The molecule has 2 rings (SSSR count). The van der Waals surface area contributed by atoms with Crippen molar-refractivity contribution in [3.05, 3.63) is 49.6 Å². The summed E-state index contributed by atoms with van der Waals surface area (Å²) < 4.78 is 14.1. The average molecular weight is 329 g/mol. The molecule has 5 heteroatoms. The molecule has 0 radical (unpaired) electrons. The van der Waals surface area contributed by atoms with Crippen LogP contribution in [0, 0.1) is 19.7 Å². The highest BCUT2D eigenvalue weighted by Gasteiger charge is 2.18. The molecule has 1 aromatic heterocycles. The summed E-state index contributed by atoms with van der Waals surface area (Å²) in [6.07, 6.45) is 0. The van der Waals surface area contributed by atoms with Crippen molar-refractivity contribution in [2.75, 3.05) is 7.05 Å². The van der Waals surface area contributed by atoms with Crippen molar-refractivity contribution in [1.82, 2.24) is 10.3 Å². The van der Waals surface area contributed by atoms with E-state index in [1.54, 1.807) is 17.4 Å². The fourth-order valence-corrected chi connectivity index (χ4v) is 3.05. The summed E-state index contributed by atoms with van der Waals surface area (Å²) in [4.78, 5) is 5.73. The molecule has 0 spiro atoms. The first-order valence-electron chi connectivity index (χ1n) is 5.59. The van der Waals surface area contributed by atoms with Crippen LogP contribution in [-0.2, 0) is 0 Å². The van der Waals surface area contributed by atoms with Gasteiger partial charge in [-0.15, -0.1) is 11.3 Å². The minimum atomic E-state index is -0.252. The number of aryl methyl sites for hydroxylation is 2. The lowest BCUT2D eigenvalue weighted by molar-refractivity contribution is 0.610. The highest BCUT2D eigenvalue weighted by molar-refractivity contribution is 9.10. The monoisotopic (exact) mass is 328 g/mol. The summed E-state index contributed by atoms with van der Waals surface area (Å²) in [5.74, 6) is -0.252. The van der Waals surface area contributed by atoms with Gasteiger partial charge < -0.3 is 5.32 Å². The first kappa shape index (κ1) is 13.6. The molecule has 0 saturated carbocycles. The lowest BCUT2D eigenvalue weighted by Gasteiger charge is -2.14. The van der Waals surface area contributed by atoms with Gasteiger partial charge >= 0.3 is 0 Å². The number of hydrogen-bond acceptors (Lipinski definition) is 3. The topological polar surface area (TPSA) is 24.9 Å². The minimum absolute atomic E-state index is 0.0648. The Hall–Kier alpha value is -0.780. The van der Waals surface area contributed by atoms with Gasteiger partial charge in [0.25, 0.3) is 0 Å². The van der Waals surface area contributed by atoms with Crippen LogP contribution in [0.4, 0.5) is 4.39 Å². The van der Waals surface area contributed by atoms with Crippen LogP contribution >= 0.6 is 27.3 Å². The molecule has 1 N–H and O–H groups in total. The number of nitrogens with zero attached hydrogens (tertiary/aromatic N) is 1. The predicted octanol–water partition coefficient (Wildman–Crippen LogP) is 3.97. The highest BCUT2D eigenvalue weighted by Crippen LogP contribution is 2.29. The van der Waals surface area contributed by atoms with Gasteiger partial charge in [0.05, 0.1) is 16.2 Å². The summed E-state index contributed by atoms with van der Waals surface area (Å²) in [7, 11) is 1.86. The number of rotatable bonds is 3. The zero-order valence-electron chi connectivity index (χ0n) is 10.4. The Balaban J connectivity index is 2.41. The first-order valence-corrected chi connectivity index (χ1v) is 7.20. The van der Waals surface area contributed by atoms with E-state index in [1.165, 1.54) is 10.9 Å². The third kappa shape index (κ3) is 2.63. The fraction of sp³-hybridized carbons (Fsp3) is 0.308. The van der Waals surface area contributed by atoms with Gasteiger partial charge in [-0.2, -0.15) is 0 Å². The standard InChI is InChI=1S/C13H14BrFN2S/c1-7-8(2)18-13(17-7)12(16-3)9-4-5-10(14)11(15)6-9/h4-6,12,16H,1-3H3. The van der Waals surface area contributed by atoms with Gasteiger partial charge in [-0.05, 0) is 54.5 Å². The van der Waals surface area contributed by atoms with Crippen molar-refractivity contribution in [2.45, 2.75) is 19.9 Å². The third-order valence-corrected chi connectivity index (χ3v) is 4.64. The molecule has 1 unspecified atom stereocenters. The van der Waals surface area contributed by atoms with Crippen molar-refractivity contribution < 1.29 is 4.39 Å². The molecule has 0 aliphatic heterocycles. The van der Waals surface area contributed by atoms with E-state index in [0.717, 1.165) is 16.3 Å². The normalized spacial score (nSPS) is 12.7. The van der Waals surface area contributed by atoms with E-state index >= 15 is 0 Å². The van der Waals surface area contributed by atoms with Crippen molar-refractivity contribution >= 4 is 27.3 Å². The van der Waals surface area contributed by atoms with Crippen molar-refractivity contribution in [3.63, 3.8) is 0 Å². The van der Waals surface area contributed by atoms with Crippen LogP contribution in [0.5, 0.6) is 0 Å². The predicted molar refractivity (Wildman–Crippen MR) is 76.6 cm³/mol. The smallest absolute Gasteiger partial charge is 0.137 e. The van der Waals surface area contributed by atoms with Crippen LogP contribution in [0.3, 0.4) is 0 Å². The van der Waals surface area contributed by atoms with E-state index in [1.807, 2.05) is 27.0 Å². The van der Waals surface area contributed by atoms with Crippen LogP contribution in [0.2, 0.25) is 0 Å². The molecule has 1 heterocycles. The van der Waals surface area contributed by atoms with Gasteiger partial charge in [0.2, 0.25) is 0 Å². The van der Waals surface area contributed by atoms with Gasteiger partial charge in [0.15, 0.2) is 0 Å². The van der Waals surface area contributed by atoms with Gasteiger partial charge in [-0.25, -0.2) is 9.37 Å². The molecule has 0 saturated heterocycles. The van der Waals surface area contributed by atoms with E-state index in [2.05, 4.69) is 26.2 Å². The second-order valence-corrected chi connectivity index (χ2v) is 6.18. The lowest BCUT2D eigenvalue weighted by Crippen LogP contribution is -2.17. The van der Waals surface area contributed by atoms with E-state index in [-0.39, 0.29) is 11.9 Å². The largest absolute Gasteiger partial charge is 0.307 e. The summed E-state index contributed by atoms with van der Waals surface area (Å²) in [5.41, 5.74) is 1.92. The minimum Gasteiger partial charge on any atom is -0.307 e. The molecular formula is C13H14BrFN2S. The Bertz CT molecular complexity index is 549. The molecule has 96 valence electrons. The summed E-state index contributed by atoms with van der Waals surface area (Å²) in [6, 6.07) is 5.10. The SMILES string of the molecule is CNC(c1ccc(Br)c(F)c1)c1nc(C)c(C)s1. The number of hydrogen-bond donors (Lipinski definition) is 1. The van der Waals surface area contributed by atoms with E-state index in [4.69, 9.17) is 0 Å². The molecule has 0 aliphatic rings. The molecule has 0 amide bonds. The average Bonchev–Trinajstić information content (AvgIpc) is 2.65. The Morgan fingerprint density at radius 2 is 2.11 bits per heavy atom. The molecule has 1 atom stereocenters. The van der Waals surface area contributed by atoms with E-state index < -0.39 is 0 Å². The second-order valence-electron chi connectivity index (χ2n) is 4.09. The van der Waals surface area contributed by atoms with Crippen LogP contribution < -0.4 is 5.32 Å².